The summed E-state index contributed by atoms with van der Waals surface area (Å²) >= 11 is 0. The Kier molecular flexibility index (Phi) is 7.12. The van der Waals surface area contributed by atoms with Gasteiger partial charge in [-0.2, -0.15) is 0 Å². The number of urea groups is 1. The molecule has 2 amide bonds. The van der Waals surface area contributed by atoms with Crippen molar-refractivity contribution in [1.82, 2.24) is 10.6 Å². The Bertz CT molecular complexity index is 805. The molecule has 1 aliphatic rings. The van der Waals surface area contributed by atoms with Crippen LogP contribution in [-0.2, 0) is 25.1 Å². The average molecular weight is 394 g/mol. The summed E-state index contributed by atoms with van der Waals surface area (Å²) in [7, 11) is -1.37. The standard InChI is InChI=1S/C18H22N2O6S/c1-4-12-15(17(22)25-5-2)13(20-18(23)19-12)10-26-16(21)11-8-6-7-9-14(11)27(3)24/h6-9,12H,4-5,10H2,1-3H3,(H2,19,20,23)/t12-,27+/m0/s1. The molecule has 2 N–H and O–H groups in total. The van der Waals surface area contributed by atoms with E-state index in [0.29, 0.717) is 11.3 Å². The van der Waals surface area contributed by atoms with Gasteiger partial charge < -0.3 is 20.1 Å². The second-order valence-electron chi connectivity index (χ2n) is 5.70. The van der Waals surface area contributed by atoms with Gasteiger partial charge in [0.25, 0.3) is 0 Å². The van der Waals surface area contributed by atoms with Crippen molar-refractivity contribution >= 4 is 28.8 Å². The predicted molar refractivity (Wildman–Crippen MR) is 98.5 cm³/mol. The molecular weight excluding hydrogens is 372 g/mol. The molecule has 0 aliphatic carbocycles. The molecule has 0 bridgehead atoms. The third-order valence-corrected chi connectivity index (χ3v) is 4.89. The first-order valence-electron chi connectivity index (χ1n) is 8.46. The summed E-state index contributed by atoms with van der Waals surface area (Å²) in [5, 5.41) is 5.15. The van der Waals surface area contributed by atoms with Crippen molar-refractivity contribution in [2.45, 2.75) is 31.2 Å². The molecule has 1 aromatic rings. The SMILES string of the molecule is CCOC(=O)C1=C(COC(=O)c2ccccc2[S@@](C)=O)NC(=O)N[C@H]1CC. The van der Waals surface area contributed by atoms with Crippen molar-refractivity contribution in [1.29, 1.82) is 0 Å². The molecule has 1 aliphatic heterocycles. The van der Waals surface area contributed by atoms with Crippen LogP contribution in [0.2, 0.25) is 0 Å². The maximum atomic E-state index is 12.4. The van der Waals surface area contributed by atoms with Crippen molar-refractivity contribution in [3.63, 3.8) is 0 Å². The number of benzene rings is 1. The highest BCUT2D eigenvalue weighted by molar-refractivity contribution is 7.84. The normalized spacial score (nSPS) is 17.6. The molecule has 0 unspecified atom stereocenters. The maximum Gasteiger partial charge on any atom is 0.339 e. The lowest BCUT2D eigenvalue weighted by molar-refractivity contribution is -0.139. The van der Waals surface area contributed by atoms with Crippen LogP contribution < -0.4 is 10.6 Å². The fraction of sp³-hybridized carbons (Fsp3) is 0.389. The predicted octanol–water partition coefficient (Wildman–Crippen LogP) is 1.49. The first-order valence-corrected chi connectivity index (χ1v) is 10.0. The quantitative estimate of drug-likeness (QED) is 0.678. The lowest BCUT2D eigenvalue weighted by Crippen LogP contribution is -2.51. The van der Waals surface area contributed by atoms with Gasteiger partial charge in [0.1, 0.15) is 6.61 Å². The monoisotopic (exact) mass is 394 g/mol. The van der Waals surface area contributed by atoms with Gasteiger partial charge in [-0.25, -0.2) is 14.4 Å². The van der Waals surface area contributed by atoms with Crippen molar-refractivity contribution in [2.24, 2.45) is 0 Å². The van der Waals surface area contributed by atoms with Gasteiger partial charge in [-0.15, -0.1) is 0 Å². The van der Waals surface area contributed by atoms with Crippen molar-refractivity contribution in [3.05, 3.63) is 41.1 Å². The lowest BCUT2D eigenvalue weighted by atomic mass is 10.0. The third-order valence-electron chi connectivity index (χ3n) is 3.91. The van der Waals surface area contributed by atoms with Gasteiger partial charge in [-0.3, -0.25) is 4.21 Å². The molecule has 27 heavy (non-hydrogen) atoms. The fourth-order valence-corrected chi connectivity index (χ4v) is 3.41. The van der Waals surface area contributed by atoms with Crippen LogP contribution in [0.4, 0.5) is 4.79 Å². The number of hydrogen-bond acceptors (Lipinski definition) is 6. The highest BCUT2D eigenvalue weighted by Gasteiger charge is 2.32. The van der Waals surface area contributed by atoms with Crippen LogP contribution >= 0.6 is 0 Å². The first-order chi connectivity index (χ1) is 12.9. The Morgan fingerprint density at radius 1 is 1.15 bits per heavy atom. The molecule has 2 rings (SSSR count). The van der Waals surface area contributed by atoms with Crippen LogP contribution in [0, 0.1) is 0 Å². The molecule has 0 radical (unpaired) electrons. The van der Waals surface area contributed by atoms with Crippen LogP contribution in [0.15, 0.2) is 40.4 Å². The summed E-state index contributed by atoms with van der Waals surface area (Å²) in [6.07, 6.45) is 1.93. The minimum atomic E-state index is -1.37. The Labute approximate surface area is 159 Å². The van der Waals surface area contributed by atoms with Crippen LogP contribution in [0.1, 0.15) is 30.6 Å². The van der Waals surface area contributed by atoms with E-state index in [-0.39, 0.29) is 30.0 Å². The largest absolute Gasteiger partial charge is 0.463 e. The summed E-state index contributed by atoms with van der Waals surface area (Å²) < 4.78 is 22.1. The van der Waals surface area contributed by atoms with Crippen molar-refractivity contribution in [3.8, 4) is 0 Å². The third kappa shape index (κ3) is 4.94. The number of carbonyl (C=O) groups is 3. The van der Waals surface area contributed by atoms with E-state index in [9.17, 15) is 18.6 Å². The molecule has 8 nitrogen and oxygen atoms in total. The number of hydrogen-bond donors (Lipinski definition) is 2. The molecule has 1 heterocycles. The molecule has 146 valence electrons. The number of ether oxygens (including phenoxy) is 2. The Balaban J connectivity index is 2.27. The van der Waals surface area contributed by atoms with E-state index in [1.54, 1.807) is 25.1 Å². The van der Waals surface area contributed by atoms with Crippen LogP contribution in [0.5, 0.6) is 0 Å². The summed E-state index contributed by atoms with van der Waals surface area (Å²) in [4.78, 5) is 36.9. The Hall–Kier alpha value is -2.68. The van der Waals surface area contributed by atoms with Gasteiger partial charge in [0.15, 0.2) is 0 Å². The molecule has 0 saturated carbocycles. The smallest absolute Gasteiger partial charge is 0.339 e. The van der Waals surface area contributed by atoms with E-state index >= 15 is 0 Å². The molecule has 9 heteroatoms. The number of nitrogens with one attached hydrogen (secondary N) is 2. The van der Waals surface area contributed by atoms with Crippen LogP contribution in [0.25, 0.3) is 0 Å². The van der Waals surface area contributed by atoms with E-state index in [0.717, 1.165) is 0 Å². The van der Waals surface area contributed by atoms with Crippen LogP contribution in [0.3, 0.4) is 0 Å². The van der Waals surface area contributed by atoms with Gasteiger partial charge >= 0.3 is 18.0 Å². The second kappa shape index (κ2) is 9.31. The summed E-state index contributed by atoms with van der Waals surface area (Å²) in [5.74, 6) is -1.28. The van der Waals surface area contributed by atoms with E-state index in [2.05, 4.69) is 10.6 Å². The van der Waals surface area contributed by atoms with E-state index in [4.69, 9.17) is 9.47 Å². The molecular formula is C18H22N2O6S. The van der Waals surface area contributed by atoms with Crippen LogP contribution in [-0.4, -0.2) is 47.7 Å². The van der Waals surface area contributed by atoms with Gasteiger partial charge in [-0.1, -0.05) is 19.1 Å². The van der Waals surface area contributed by atoms with Gasteiger partial charge in [0.05, 0.1) is 45.2 Å². The zero-order chi connectivity index (χ0) is 20.0. The Morgan fingerprint density at radius 2 is 1.85 bits per heavy atom. The number of esters is 2. The fourth-order valence-electron chi connectivity index (χ4n) is 2.68. The molecule has 0 aromatic heterocycles. The molecule has 2 atom stereocenters. The molecule has 0 spiro atoms. The minimum Gasteiger partial charge on any atom is -0.463 e. The van der Waals surface area contributed by atoms with Gasteiger partial charge in [0, 0.05) is 6.26 Å². The summed E-state index contributed by atoms with van der Waals surface area (Å²) in [6.45, 7) is 3.35. The minimum absolute atomic E-state index is 0.170. The topological polar surface area (TPSA) is 111 Å². The molecule has 1 aromatic carbocycles. The summed E-state index contributed by atoms with van der Waals surface area (Å²) in [6, 6.07) is 5.37. The van der Waals surface area contributed by atoms with Gasteiger partial charge in [0.2, 0.25) is 0 Å². The van der Waals surface area contributed by atoms with E-state index < -0.39 is 34.8 Å². The lowest BCUT2D eigenvalue weighted by Gasteiger charge is -2.28. The van der Waals surface area contributed by atoms with Crippen molar-refractivity contribution in [2.75, 3.05) is 19.5 Å². The Morgan fingerprint density at radius 3 is 2.48 bits per heavy atom. The average Bonchev–Trinajstić information content (AvgIpc) is 2.65. The van der Waals surface area contributed by atoms with E-state index in [1.165, 1.54) is 12.3 Å². The van der Waals surface area contributed by atoms with Gasteiger partial charge in [-0.05, 0) is 25.5 Å². The molecule has 0 saturated heterocycles. The number of carbonyl (C=O) groups excluding carboxylic acids is 3. The summed E-state index contributed by atoms with van der Waals surface area (Å²) in [5.41, 5.74) is 0.565. The zero-order valence-electron chi connectivity index (χ0n) is 15.4. The first kappa shape index (κ1) is 20.6. The number of rotatable bonds is 7. The second-order valence-corrected chi connectivity index (χ2v) is 7.05. The maximum absolute atomic E-state index is 12.4. The highest BCUT2D eigenvalue weighted by Crippen LogP contribution is 2.19. The zero-order valence-corrected chi connectivity index (χ0v) is 16.2. The number of amides is 2. The van der Waals surface area contributed by atoms with E-state index in [1.807, 2.05) is 6.92 Å². The van der Waals surface area contributed by atoms with Crippen molar-refractivity contribution < 1.29 is 28.1 Å². The highest BCUT2D eigenvalue weighted by atomic mass is 32.2. The molecule has 0 fully saturated rings.